The molecule has 0 fully saturated rings. The quantitative estimate of drug-likeness (QED) is 0.385. The fourth-order valence-electron chi connectivity index (χ4n) is 3.92. The number of ether oxygens (including phenoxy) is 1. The van der Waals surface area contributed by atoms with Crippen molar-refractivity contribution in [2.45, 2.75) is 46.8 Å². The lowest BCUT2D eigenvalue weighted by molar-refractivity contribution is 0.113. The van der Waals surface area contributed by atoms with Crippen molar-refractivity contribution in [1.82, 2.24) is 25.0 Å². The molecule has 0 bridgehead atoms. The highest BCUT2D eigenvalue weighted by molar-refractivity contribution is 7.15. The van der Waals surface area contributed by atoms with E-state index in [1.54, 1.807) is 11.3 Å². The molecule has 4 heterocycles. The van der Waals surface area contributed by atoms with Crippen LogP contribution in [0.5, 0.6) is 0 Å². The third-order valence-corrected chi connectivity index (χ3v) is 7.11. The Morgan fingerprint density at radius 2 is 1.82 bits per heavy atom. The number of nitrogens with zero attached hydrogens (tertiary/aromatic N) is 6. The van der Waals surface area contributed by atoms with Gasteiger partial charge in [-0.05, 0) is 45.4 Å². The van der Waals surface area contributed by atoms with Crippen molar-refractivity contribution in [2.24, 2.45) is 4.99 Å². The Morgan fingerprint density at radius 1 is 1.06 bits per heavy atom. The van der Waals surface area contributed by atoms with E-state index in [2.05, 4.69) is 38.8 Å². The molecule has 0 unspecified atom stereocenters. The molecule has 0 saturated heterocycles. The van der Waals surface area contributed by atoms with Crippen LogP contribution in [-0.2, 0) is 17.8 Å². The number of thiophene rings is 1. The van der Waals surface area contributed by atoms with Crippen molar-refractivity contribution >= 4 is 28.6 Å². The van der Waals surface area contributed by atoms with Crippen molar-refractivity contribution in [2.75, 3.05) is 6.61 Å². The second kappa shape index (κ2) is 8.81. The van der Waals surface area contributed by atoms with Crippen LogP contribution in [0.1, 0.15) is 58.0 Å². The maximum atomic E-state index is 6.17. The number of rotatable bonds is 6. The molecule has 1 aromatic carbocycles. The molecule has 10 heteroatoms. The SMILES string of the molecule is CCOCc1nnc(C[C@@H]2N=C(c3ccc(Cl)cc3)c3c(sc(C)c3C)-n3c(C)nnc32)o1. The van der Waals surface area contributed by atoms with Crippen LogP contribution in [0.25, 0.3) is 5.00 Å². The second-order valence-corrected chi connectivity index (χ2v) is 9.48. The van der Waals surface area contributed by atoms with E-state index in [-0.39, 0.29) is 6.04 Å². The van der Waals surface area contributed by atoms with E-state index in [0.29, 0.717) is 36.4 Å². The zero-order valence-corrected chi connectivity index (χ0v) is 20.4. The minimum absolute atomic E-state index is 0.290. The summed E-state index contributed by atoms with van der Waals surface area (Å²) in [5, 5.41) is 18.9. The fraction of sp³-hybridized carbons (Fsp3) is 0.348. The lowest BCUT2D eigenvalue weighted by atomic mass is 9.99. The number of aliphatic imine (C=N–C) groups is 1. The molecule has 0 amide bonds. The van der Waals surface area contributed by atoms with Crippen LogP contribution in [-0.4, -0.2) is 37.3 Å². The molecule has 170 valence electrons. The monoisotopic (exact) mass is 482 g/mol. The maximum absolute atomic E-state index is 6.17. The first-order chi connectivity index (χ1) is 16.0. The van der Waals surface area contributed by atoms with E-state index in [0.717, 1.165) is 33.5 Å². The van der Waals surface area contributed by atoms with E-state index in [1.165, 1.54) is 10.4 Å². The van der Waals surface area contributed by atoms with Crippen LogP contribution in [0.4, 0.5) is 0 Å². The highest BCUT2D eigenvalue weighted by atomic mass is 35.5. The first-order valence-corrected chi connectivity index (χ1v) is 11.9. The average molecular weight is 483 g/mol. The number of aryl methyl sites for hydroxylation is 2. The van der Waals surface area contributed by atoms with E-state index < -0.39 is 0 Å². The number of aromatic nitrogens is 5. The summed E-state index contributed by atoms with van der Waals surface area (Å²) in [6.07, 6.45) is 0.404. The normalized spacial score (nSPS) is 15.2. The molecule has 1 aliphatic heterocycles. The number of hydrogen-bond donors (Lipinski definition) is 0. The number of fused-ring (bicyclic) bond motifs is 3. The Morgan fingerprint density at radius 3 is 2.58 bits per heavy atom. The summed E-state index contributed by atoms with van der Waals surface area (Å²) in [7, 11) is 0. The minimum Gasteiger partial charge on any atom is -0.423 e. The molecule has 0 spiro atoms. The molecule has 1 aliphatic rings. The summed E-state index contributed by atoms with van der Waals surface area (Å²) < 4.78 is 13.3. The predicted molar refractivity (Wildman–Crippen MR) is 127 cm³/mol. The molecule has 1 atom stereocenters. The highest BCUT2D eigenvalue weighted by Crippen LogP contribution is 2.39. The third kappa shape index (κ3) is 4.01. The lowest BCUT2D eigenvalue weighted by Gasteiger charge is -2.11. The van der Waals surface area contributed by atoms with Crippen molar-refractivity contribution in [3.05, 3.63) is 74.3 Å². The first-order valence-electron chi connectivity index (χ1n) is 10.7. The van der Waals surface area contributed by atoms with Gasteiger partial charge in [-0.1, -0.05) is 23.7 Å². The van der Waals surface area contributed by atoms with Crippen molar-refractivity contribution < 1.29 is 9.15 Å². The highest BCUT2D eigenvalue weighted by Gasteiger charge is 2.32. The molecule has 0 radical (unpaired) electrons. The van der Waals surface area contributed by atoms with Gasteiger partial charge in [0, 0.05) is 27.6 Å². The molecule has 0 aliphatic carbocycles. The average Bonchev–Trinajstić information content (AvgIpc) is 3.46. The molecule has 5 rings (SSSR count). The summed E-state index contributed by atoms with van der Waals surface area (Å²) in [6, 6.07) is 7.42. The molecular weight excluding hydrogens is 460 g/mol. The first kappa shape index (κ1) is 21.9. The standard InChI is InChI=1S/C23H23ClN6O2S/c1-5-31-11-19-28-27-18(32-19)10-17-22-29-26-14(4)30(22)23-20(12(2)13(3)33-23)21(25-17)15-6-8-16(24)9-7-15/h6-9,17H,5,10-11H2,1-4H3/t17-/m0/s1. The van der Waals surface area contributed by atoms with Gasteiger partial charge in [-0.15, -0.1) is 31.7 Å². The molecule has 33 heavy (non-hydrogen) atoms. The van der Waals surface area contributed by atoms with Gasteiger partial charge in [0.1, 0.15) is 23.5 Å². The number of benzene rings is 1. The van der Waals surface area contributed by atoms with Gasteiger partial charge in [-0.2, -0.15) is 0 Å². The van der Waals surface area contributed by atoms with Crippen LogP contribution in [0.15, 0.2) is 33.7 Å². The van der Waals surface area contributed by atoms with Gasteiger partial charge in [-0.3, -0.25) is 9.56 Å². The Labute approximate surface area is 200 Å². The van der Waals surface area contributed by atoms with E-state index in [1.807, 2.05) is 38.1 Å². The summed E-state index contributed by atoms with van der Waals surface area (Å²) in [5.41, 5.74) is 4.17. The van der Waals surface area contributed by atoms with Gasteiger partial charge in [0.05, 0.1) is 12.1 Å². The van der Waals surface area contributed by atoms with Gasteiger partial charge in [0.15, 0.2) is 5.82 Å². The fourth-order valence-corrected chi connectivity index (χ4v) is 5.26. The Bertz CT molecular complexity index is 1340. The van der Waals surface area contributed by atoms with Gasteiger partial charge >= 0.3 is 0 Å². The van der Waals surface area contributed by atoms with Crippen molar-refractivity contribution in [1.29, 1.82) is 0 Å². The smallest absolute Gasteiger partial charge is 0.242 e. The van der Waals surface area contributed by atoms with E-state index >= 15 is 0 Å². The second-order valence-electron chi connectivity index (χ2n) is 7.84. The molecule has 0 N–H and O–H groups in total. The van der Waals surface area contributed by atoms with Gasteiger partial charge in [0.2, 0.25) is 11.8 Å². The maximum Gasteiger partial charge on any atom is 0.242 e. The van der Waals surface area contributed by atoms with Gasteiger partial charge < -0.3 is 9.15 Å². The molecular formula is C23H23ClN6O2S. The Kier molecular flexibility index (Phi) is 5.86. The minimum atomic E-state index is -0.350. The molecule has 8 nitrogen and oxygen atoms in total. The third-order valence-electron chi connectivity index (χ3n) is 5.66. The zero-order chi connectivity index (χ0) is 23.1. The van der Waals surface area contributed by atoms with Crippen LogP contribution < -0.4 is 0 Å². The largest absolute Gasteiger partial charge is 0.423 e. The van der Waals surface area contributed by atoms with Crippen LogP contribution in [0.2, 0.25) is 5.02 Å². The lowest BCUT2D eigenvalue weighted by Crippen LogP contribution is -2.09. The van der Waals surface area contributed by atoms with Crippen molar-refractivity contribution in [3.63, 3.8) is 0 Å². The number of hydrogen-bond acceptors (Lipinski definition) is 8. The van der Waals surface area contributed by atoms with Crippen molar-refractivity contribution in [3.8, 4) is 5.00 Å². The van der Waals surface area contributed by atoms with Crippen LogP contribution >= 0.6 is 22.9 Å². The Balaban J connectivity index is 1.65. The van der Waals surface area contributed by atoms with Gasteiger partial charge in [-0.25, -0.2) is 0 Å². The van der Waals surface area contributed by atoms with Crippen LogP contribution in [0.3, 0.4) is 0 Å². The predicted octanol–water partition coefficient (Wildman–Crippen LogP) is 4.96. The van der Waals surface area contributed by atoms with Gasteiger partial charge in [0.25, 0.3) is 0 Å². The van der Waals surface area contributed by atoms with E-state index in [4.69, 9.17) is 25.7 Å². The molecule has 4 aromatic rings. The summed E-state index contributed by atoms with van der Waals surface area (Å²) >= 11 is 7.89. The van der Waals surface area contributed by atoms with E-state index in [9.17, 15) is 0 Å². The molecule has 3 aromatic heterocycles. The summed E-state index contributed by atoms with van der Waals surface area (Å²) in [4.78, 5) is 6.44. The zero-order valence-electron chi connectivity index (χ0n) is 18.8. The summed E-state index contributed by atoms with van der Waals surface area (Å²) in [6.45, 7) is 9.02. The summed E-state index contributed by atoms with van der Waals surface area (Å²) in [5.74, 6) is 2.50. The van der Waals surface area contributed by atoms with Crippen LogP contribution in [0, 0.1) is 20.8 Å². The topological polar surface area (TPSA) is 91.2 Å². The molecule has 0 saturated carbocycles. The Hall–Kier alpha value is -2.88. The number of halogens is 1.